The lowest BCUT2D eigenvalue weighted by Gasteiger charge is -2.33. The van der Waals surface area contributed by atoms with E-state index in [1.807, 2.05) is 20.8 Å². The molecule has 0 aliphatic carbocycles. The van der Waals surface area contributed by atoms with Gasteiger partial charge in [-0.15, -0.1) is 0 Å². The number of piperidine rings is 1. The molecule has 0 spiro atoms. The van der Waals surface area contributed by atoms with E-state index in [0.717, 1.165) is 5.56 Å². The Labute approximate surface area is 130 Å². The van der Waals surface area contributed by atoms with Crippen molar-refractivity contribution in [2.45, 2.75) is 39.2 Å². The molecule has 0 radical (unpaired) electrons. The lowest BCUT2D eigenvalue weighted by molar-refractivity contribution is -0.125. The highest BCUT2D eigenvalue weighted by molar-refractivity contribution is 5.84. The number of hydrogen-bond acceptors (Lipinski definition) is 3. The molecule has 120 valence electrons. The molecule has 1 aliphatic rings. The standard InChI is InChI=1S/C17H22FNO3/c1-17(2,3)22-16(21)19-9-8-15(20)13(11-19)10-12-4-6-14(18)7-5-12/h4-7,13H,8-11H2,1-3H3/t13-/m1/s1. The summed E-state index contributed by atoms with van der Waals surface area (Å²) in [7, 11) is 0. The number of nitrogens with zero attached hydrogens (tertiary/aromatic N) is 1. The van der Waals surface area contributed by atoms with Gasteiger partial charge in [0.15, 0.2) is 0 Å². The minimum Gasteiger partial charge on any atom is -0.444 e. The zero-order valence-electron chi connectivity index (χ0n) is 13.3. The highest BCUT2D eigenvalue weighted by Crippen LogP contribution is 2.20. The van der Waals surface area contributed by atoms with E-state index < -0.39 is 5.60 Å². The second-order valence-electron chi connectivity index (χ2n) is 6.67. The van der Waals surface area contributed by atoms with Crippen LogP contribution in [0.1, 0.15) is 32.8 Å². The van der Waals surface area contributed by atoms with Gasteiger partial charge >= 0.3 is 6.09 Å². The summed E-state index contributed by atoms with van der Waals surface area (Å²) in [5.74, 6) is -0.412. The van der Waals surface area contributed by atoms with E-state index in [1.165, 1.54) is 12.1 Å². The van der Waals surface area contributed by atoms with Crippen molar-refractivity contribution in [3.05, 3.63) is 35.6 Å². The van der Waals surface area contributed by atoms with E-state index in [1.54, 1.807) is 17.0 Å². The van der Waals surface area contributed by atoms with Gasteiger partial charge in [-0.1, -0.05) is 12.1 Å². The molecule has 1 aromatic carbocycles. The third-order valence-electron chi connectivity index (χ3n) is 3.57. The van der Waals surface area contributed by atoms with Crippen LogP contribution in [-0.2, 0) is 16.0 Å². The van der Waals surface area contributed by atoms with Gasteiger partial charge in [-0.05, 0) is 44.9 Å². The van der Waals surface area contributed by atoms with Gasteiger partial charge in [0.25, 0.3) is 0 Å². The fourth-order valence-electron chi connectivity index (χ4n) is 2.48. The molecule has 0 bridgehead atoms. The van der Waals surface area contributed by atoms with Crippen molar-refractivity contribution in [3.8, 4) is 0 Å². The number of ketones is 1. The van der Waals surface area contributed by atoms with Crippen LogP contribution in [0.5, 0.6) is 0 Å². The van der Waals surface area contributed by atoms with E-state index in [2.05, 4.69) is 0 Å². The Balaban J connectivity index is 2.00. The molecule has 1 saturated heterocycles. The average Bonchev–Trinajstić information content (AvgIpc) is 2.41. The Kier molecular flexibility index (Phi) is 4.84. The predicted molar refractivity (Wildman–Crippen MR) is 81.0 cm³/mol. The van der Waals surface area contributed by atoms with Crippen molar-refractivity contribution in [2.24, 2.45) is 5.92 Å². The molecule has 1 atom stereocenters. The summed E-state index contributed by atoms with van der Waals surface area (Å²) >= 11 is 0. The zero-order valence-corrected chi connectivity index (χ0v) is 13.3. The minimum absolute atomic E-state index is 0.143. The summed E-state index contributed by atoms with van der Waals surface area (Å²) in [4.78, 5) is 25.8. The first-order valence-corrected chi connectivity index (χ1v) is 7.50. The number of ether oxygens (including phenoxy) is 1. The van der Waals surface area contributed by atoms with Gasteiger partial charge in [0, 0.05) is 25.4 Å². The number of halogens is 1. The third-order valence-corrected chi connectivity index (χ3v) is 3.57. The maximum atomic E-state index is 12.9. The van der Waals surface area contributed by atoms with Crippen molar-refractivity contribution in [1.82, 2.24) is 4.90 Å². The van der Waals surface area contributed by atoms with Crippen LogP contribution >= 0.6 is 0 Å². The third kappa shape index (κ3) is 4.55. The van der Waals surface area contributed by atoms with Crippen LogP contribution in [0, 0.1) is 11.7 Å². The second kappa shape index (κ2) is 6.46. The number of hydrogen-bond donors (Lipinski definition) is 0. The van der Waals surface area contributed by atoms with Crippen molar-refractivity contribution in [1.29, 1.82) is 0 Å². The number of benzene rings is 1. The Morgan fingerprint density at radius 2 is 1.95 bits per heavy atom. The van der Waals surface area contributed by atoms with Gasteiger partial charge in [-0.3, -0.25) is 4.79 Å². The van der Waals surface area contributed by atoms with E-state index in [0.29, 0.717) is 25.9 Å². The molecule has 5 heteroatoms. The smallest absolute Gasteiger partial charge is 0.410 e. The first-order valence-electron chi connectivity index (χ1n) is 7.50. The molecule has 1 amide bonds. The highest BCUT2D eigenvalue weighted by atomic mass is 19.1. The summed E-state index contributed by atoms with van der Waals surface area (Å²) < 4.78 is 18.3. The molecule has 1 aromatic rings. The van der Waals surface area contributed by atoms with Crippen LogP contribution in [-0.4, -0.2) is 35.5 Å². The molecular formula is C17H22FNO3. The van der Waals surface area contributed by atoms with Crippen LogP contribution < -0.4 is 0 Å². The van der Waals surface area contributed by atoms with E-state index >= 15 is 0 Å². The fourth-order valence-corrected chi connectivity index (χ4v) is 2.48. The minimum atomic E-state index is -0.551. The largest absolute Gasteiger partial charge is 0.444 e. The quantitative estimate of drug-likeness (QED) is 0.843. The molecule has 1 aliphatic heterocycles. The Hall–Kier alpha value is -1.91. The van der Waals surface area contributed by atoms with Crippen LogP contribution in [0.2, 0.25) is 0 Å². The summed E-state index contributed by atoms with van der Waals surface area (Å²) in [6.45, 7) is 6.20. The summed E-state index contributed by atoms with van der Waals surface area (Å²) in [6, 6.07) is 6.12. The van der Waals surface area contributed by atoms with Gasteiger partial charge in [0.05, 0.1) is 0 Å². The SMILES string of the molecule is CC(C)(C)OC(=O)N1CCC(=O)[C@H](Cc2ccc(F)cc2)C1. The number of rotatable bonds is 2. The lowest BCUT2D eigenvalue weighted by Crippen LogP contribution is -2.46. The van der Waals surface area contributed by atoms with Crippen LogP contribution in [0.3, 0.4) is 0 Å². The highest BCUT2D eigenvalue weighted by Gasteiger charge is 2.32. The number of carbonyl (C=O) groups excluding carboxylic acids is 2. The summed E-state index contributed by atoms with van der Waals surface area (Å²) in [6.07, 6.45) is 0.466. The monoisotopic (exact) mass is 307 g/mol. The van der Waals surface area contributed by atoms with Crippen molar-refractivity contribution < 1.29 is 18.7 Å². The first-order chi connectivity index (χ1) is 10.2. The predicted octanol–water partition coefficient (Wildman–Crippen LogP) is 3.19. The van der Waals surface area contributed by atoms with Crippen molar-refractivity contribution >= 4 is 11.9 Å². The first kappa shape index (κ1) is 16.5. The van der Waals surface area contributed by atoms with Crippen LogP contribution in [0.15, 0.2) is 24.3 Å². The van der Waals surface area contributed by atoms with E-state index in [9.17, 15) is 14.0 Å². The maximum absolute atomic E-state index is 12.9. The molecule has 4 nitrogen and oxygen atoms in total. The number of Topliss-reactive ketones (excluding diaryl/α,β-unsaturated/α-hetero) is 1. The molecule has 1 fully saturated rings. The molecule has 2 rings (SSSR count). The van der Waals surface area contributed by atoms with Gasteiger partial charge in [0.1, 0.15) is 17.2 Å². The average molecular weight is 307 g/mol. The Bertz CT molecular complexity index is 548. The maximum Gasteiger partial charge on any atom is 0.410 e. The van der Waals surface area contributed by atoms with Gasteiger partial charge < -0.3 is 9.64 Å². The topological polar surface area (TPSA) is 46.6 Å². The molecule has 0 aromatic heterocycles. The van der Waals surface area contributed by atoms with Crippen molar-refractivity contribution in [3.63, 3.8) is 0 Å². The summed E-state index contributed by atoms with van der Waals surface area (Å²) in [5, 5.41) is 0. The van der Waals surface area contributed by atoms with Gasteiger partial charge in [-0.25, -0.2) is 9.18 Å². The van der Waals surface area contributed by atoms with E-state index in [-0.39, 0.29) is 23.6 Å². The molecule has 0 unspecified atom stereocenters. The Morgan fingerprint density at radius 3 is 2.55 bits per heavy atom. The summed E-state index contributed by atoms with van der Waals surface area (Å²) in [5.41, 5.74) is 0.344. The molecule has 1 heterocycles. The van der Waals surface area contributed by atoms with Crippen LogP contribution in [0.25, 0.3) is 0 Å². The zero-order chi connectivity index (χ0) is 16.3. The fraction of sp³-hybridized carbons (Fsp3) is 0.529. The lowest BCUT2D eigenvalue weighted by atomic mass is 9.90. The number of carbonyl (C=O) groups is 2. The number of amides is 1. The Morgan fingerprint density at radius 1 is 1.32 bits per heavy atom. The molecule has 22 heavy (non-hydrogen) atoms. The molecule has 0 saturated carbocycles. The van der Waals surface area contributed by atoms with Crippen molar-refractivity contribution in [2.75, 3.05) is 13.1 Å². The normalized spacial score (nSPS) is 19.2. The second-order valence-corrected chi connectivity index (χ2v) is 6.67. The van der Waals surface area contributed by atoms with Gasteiger partial charge in [0.2, 0.25) is 0 Å². The van der Waals surface area contributed by atoms with Crippen LogP contribution in [0.4, 0.5) is 9.18 Å². The molecular weight excluding hydrogens is 285 g/mol. The van der Waals surface area contributed by atoms with E-state index in [4.69, 9.17) is 4.74 Å². The van der Waals surface area contributed by atoms with Gasteiger partial charge in [-0.2, -0.15) is 0 Å². The number of likely N-dealkylation sites (tertiary alicyclic amines) is 1. The molecule has 0 N–H and O–H groups in total.